The Bertz CT molecular complexity index is 1120. The van der Waals surface area contributed by atoms with Crippen LogP contribution in [0.1, 0.15) is 22.8 Å². The van der Waals surface area contributed by atoms with E-state index in [0.717, 1.165) is 21.0 Å². The fourth-order valence-corrected chi connectivity index (χ4v) is 3.61. The van der Waals surface area contributed by atoms with Gasteiger partial charge in [-0.25, -0.2) is 9.97 Å². The number of pyridine rings is 1. The Morgan fingerprint density at radius 3 is 2.79 bits per heavy atom. The summed E-state index contributed by atoms with van der Waals surface area (Å²) >= 11 is 1.43. The molecule has 0 spiro atoms. The molecule has 146 valence electrons. The van der Waals surface area contributed by atoms with E-state index in [9.17, 15) is 4.79 Å². The number of ether oxygens (including phenoxy) is 1. The predicted molar refractivity (Wildman–Crippen MR) is 111 cm³/mol. The summed E-state index contributed by atoms with van der Waals surface area (Å²) in [5, 5.41) is 11.4. The summed E-state index contributed by atoms with van der Waals surface area (Å²) in [6, 6.07) is 11.0. The van der Waals surface area contributed by atoms with Gasteiger partial charge < -0.3 is 15.0 Å². The number of thiazole rings is 1. The lowest BCUT2D eigenvalue weighted by Crippen LogP contribution is -2.12. The predicted octanol–water partition coefficient (Wildman–Crippen LogP) is 3.95. The number of aromatic amines is 1. The maximum Gasteiger partial charge on any atom is 0.256 e. The highest BCUT2D eigenvalue weighted by Crippen LogP contribution is 2.38. The third-order valence-corrected chi connectivity index (χ3v) is 5.16. The molecule has 1 aromatic carbocycles. The van der Waals surface area contributed by atoms with E-state index in [4.69, 9.17) is 4.74 Å². The van der Waals surface area contributed by atoms with Crippen molar-refractivity contribution in [3.05, 3.63) is 60.0 Å². The van der Waals surface area contributed by atoms with Gasteiger partial charge in [0, 0.05) is 17.3 Å². The van der Waals surface area contributed by atoms with E-state index < -0.39 is 0 Å². The highest BCUT2D eigenvalue weighted by atomic mass is 32.1. The molecule has 0 fully saturated rings. The SMILES string of the molecule is CCOc1nc(-c2ccnc(NC(=O)c3ccc(C)cc3)c2)sc1-c1nnc[nH]1. The molecule has 0 atom stereocenters. The number of anilines is 1. The molecule has 1 amide bonds. The molecule has 4 rings (SSSR count). The first-order valence-electron chi connectivity index (χ1n) is 8.98. The van der Waals surface area contributed by atoms with Gasteiger partial charge in [-0.1, -0.05) is 17.7 Å². The van der Waals surface area contributed by atoms with Crippen LogP contribution < -0.4 is 10.1 Å². The molecule has 0 saturated heterocycles. The van der Waals surface area contributed by atoms with Gasteiger partial charge in [0.05, 0.1) is 6.61 Å². The molecular weight excluding hydrogens is 388 g/mol. The normalized spacial score (nSPS) is 10.7. The van der Waals surface area contributed by atoms with Crippen LogP contribution in [0.4, 0.5) is 5.82 Å². The van der Waals surface area contributed by atoms with Crippen molar-refractivity contribution in [2.75, 3.05) is 11.9 Å². The van der Waals surface area contributed by atoms with Gasteiger partial charge in [-0.15, -0.1) is 21.5 Å². The number of hydrogen-bond acceptors (Lipinski definition) is 7. The monoisotopic (exact) mass is 406 g/mol. The molecule has 0 saturated carbocycles. The zero-order chi connectivity index (χ0) is 20.2. The van der Waals surface area contributed by atoms with Crippen LogP contribution in [0.2, 0.25) is 0 Å². The van der Waals surface area contributed by atoms with Gasteiger partial charge in [0.25, 0.3) is 5.91 Å². The van der Waals surface area contributed by atoms with Gasteiger partial charge >= 0.3 is 0 Å². The van der Waals surface area contributed by atoms with Crippen molar-refractivity contribution in [2.45, 2.75) is 13.8 Å². The van der Waals surface area contributed by atoms with Crippen molar-refractivity contribution in [3.8, 4) is 27.2 Å². The zero-order valence-corrected chi connectivity index (χ0v) is 16.7. The lowest BCUT2D eigenvalue weighted by Gasteiger charge is -2.06. The van der Waals surface area contributed by atoms with Crippen molar-refractivity contribution in [2.24, 2.45) is 0 Å². The Balaban J connectivity index is 1.61. The summed E-state index contributed by atoms with van der Waals surface area (Å²) in [5.74, 6) is 1.32. The second kappa shape index (κ2) is 8.19. The average molecular weight is 406 g/mol. The second-order valence-electron chi connectivity index (χ2n) is 6.17. The quantitative estimate of drug-likeness (QED) is 0.502. The number of rotatable bonds is 6. The molecule has 4 aromatic rings. The first-order valence-corrected chi connectivity index (χ1v) is 9.80. The van der Waals surface area contributed by atoms with Crippen LogP contribution in [0.15, 0.2) is 48.9 Å². The minimum atomic E-state index is -0.217. The second-order valence-corrected chi connectivity index (χ2v) is 7.17. The Morgan fingerprint density at radius 1 is 1.24 bits per heavy atom. The molecule has 0 aliphatic heterocycles. The highest BCUT2D eigenvalue weighted by Gasteiger charge is 2.18. The topological polar surface area (TPSA) is 106 Å². The fourth-order valence-electron chi connectivity index (χ4n) is 2.66. The lowest BCUT2D eigenvalue weighted by atomic mass is 10.1. The van der Waals surface area contributed by atoms with Crippen molar-refractivity contribution >= 4 is 23.1 Å². The number of H-pyrrole nitrogens is 1. The maximum absolute atomic E-state index is 12.5. The molecule has 0 bridgehead atoms. The summed E-state index contributed by atoms with van der Waals surface area (Å²) in [7, 11) is 0. The first kappa shape index (κ1) is 18.8. The summed E-state index contributed by atoms with van der Waals surface area (Å²) in [6.07, 6.45) is 3.14. The van der Waals surface area contributed by atoms with Crippen molar-refractivity contribution in [3.63, 3.8) is 0 Å². The number of carbonyl (C=O) groups is 1. The van der Waals surface area contributed by atoms with Crippen LogP contribution in [0.3, 0.4) is 0 Å². The summed E-state index contributed by atoms with van der Waals surface area (Å²) < 4.78 is 5.65. The van der Waals surface area contributed by atoms with Gasteiger partial charge in [-0.2, -0.15) is 0 Å². The Labute approximate surface area is 171 Å². The van der Waals surface area contributed by atoms with E-state index >= 15 is 0 Å². The molecule has 0 aliphatic carbocycles. The van der Waals surface area contributed by atoms with Gasteiger partial charge in [-0.3, -0.25) is 4.79 Å². The van der Waals surface area contributed by atoms with Gasteiger partial charge in [0.15, 0.2) is 5.82 Å². The molecule has 3 aromatic heterocycles. The molecule has 0 radical (unpaired) electrons. The van der Waals surface area contributed by atoms with Crippen LogP contribution in [0.25, 0.3) is 21.3 Å². The molecule has 0 unspecified atom stereocenters. The number of aryl methyl sites for hydroxylation is 1. The Hall–Kier alpha value is -3.59. The van der Waals surface area contributed by atoms with E-state index in [-0.39, 0.29) is 5.91 Å². The number of aromatic nitrogens is 5. The van der Waals surface area contributed by atoms with Crippen molar-refractivity contribution < 1.29 is 9.53 Å². The van der Waals surface area contributed by atoms with Crippen molar-refractivity contribution in [1.82, 2.24) is 25.1 Å². The molecule has 0 aliphatic rings. The van der Waals surface area contributed by atoms with E-state index in [1.54, 1.807) is 24.4 Å². The number of hydrogen-bond donors (Lipinski definition) is 2. The standard InChI is InChI=1S/C20H18N6O2S/c1-3-28-19-16(17-22-11-23-26-17)29-20(25-19)14-8-9-21-15(10-14)24-18(27)13-6-4-12(2)5-7-13/h4-11H,3H2,1-2H3,(H,21,24,27)(H,22,23,26). The third-order valence-electron chi connectivity index (χ3n) is 4.07. The minimum absolute atomic E-state index is 0.217. The summed E-state index contributed by atoms with van der Waals surface area (Å²) in [5.41, 5.74) is 2.48. The zero-order valence-electron chi connectivity index (χ0n) is 15.8. The number of carbonyl (C=O) groups excluding carboxylic acids is 1. The number of nitrogens with zero attached hydrogens (tertiary/aromatic N) is 4. The summed E-state index contributed by atoms with van der Waals surface area (Å²) in [4.78, 5) is 25.0. The number of benzene rings is 1. The highest BCUT2D eigenvalue weighted by molar-refractivity contribution is 7.18. The molecule has 2 N–H and O–H groups in total. The molecule has 9 heteroatoms. The number of nitrogens with one attached hydrogen (secondary N) is 2. The summed E-state index contributed by atoms with van der Waals surface area (Å²) in [6.45, 7) is 4.36. The van der Waals surface area contributed by atoms with Gasteiger partial charge in [-0.05, 0) is 38.1 Å². The Morgan fingerprint density at radius 2 is 2.07 bits per heavy atom. The van der Waals surface area contributed by atoms with E-state index in [1.807, 2.05) is 32.0 Å². The largest absolute Gasteiger partial charge is 0.477 e. The molecule has 8 nitrogen and oxygen atoms in total. The number of amides is 1. The van der Waals surface area contributed by atoms with E-state index in [0.29, 0.717) is 29.7 Å². The average Bonchev–Trinajstić information content (AvgIpc) is 3.39. The van der Waals surface area contributed by atoms with Crippen LogP contribution in [-0.4, -0.2) is 37.7 Å². The van der Waals surface area contributed by atoms with Gasteiger partial charge in [0.2, 0.25) is 5.88 Å². The van der Waals surface area contributed by atoms with Crippen LogP contribution in [-0.2, 0) is 0 Å². The fraction of sp³-hybridized carbons (Fsp3) is 0.150. The smallest absolute Gasteiger partial charge is 0.256 e. The van der Waals surface area contributed by atoms with Crippen LogP contribution >= 0.6 is 11.3 Å². The Kier molecular flexibility index (Phi) is 5.30. The molecule has 29 heavy (non-hydrogen) atoms. The van der Waals surface area contributed by atoms with Gasteiger partial charge in [0.1, 0.15) is 22.0 Å². The van der Waals surface area contributed by atoms with Crippen LogP contribution in [0, 0.1) is 6.92 Å². The molecular formula is C20H18N6O2S. The lowest BCUT2D eigenvalue weighted by molar-refractivity contribution is 0.102. The van der Waals surface area contributed by atoms with E-state index in [1.165, 1.54) is 17.7 Å². The maximum atomic E-state index is 12.5. The first-order chi connectivity index (χ1) is 14.1. The van der Waals surface area contributed by atoms with Crippen LogP contribution in [0.5, 0.6) is 5.88 Å². The molecule has 3 heterocycles. The van der Waals surface area contributed by atoms with Crippen molar-refractivity contribution in [1.29, 1.82) is 0 Å². The van der Waals surface area contributed by atoms with E-state index in [2.05, 4.69) is 30.5 Å². The minimum Gasteiger partial charge on any atom is -0.477 e. The third kappa shape index (κ3) is 4.14.